The number of hydrogen-bond donors (Lipinski definition) is 1. The first kappa shape index (κ1) is 20.2. The van der Waals surface area contributed by atoms with Crippen molar-refractivity contribution in [1.29, 1.82) is 0 Å². The van der Waals surface area contributed by atoms with Gasteiger partial charge in [0.15, 0.2) is 0 Å². The first-order valence-electron chi connectivity index (χ1n) is 8.85. The molecule has 2 atom stereocenters. The highest BCUT2D eigenvalue weighted by atomic mass is 35.5. The Morgan fingerprint density at radius 3 is 2.17 bits per heavy atom. The third kappa shape index (κ3) is 5.35. The van der Waals surface area contributed by atoms with Crippen molar-refractivity contribution >= 4 is 24.2 Å². The second-order valence-corrected chi connectivity index (χ2v) is 6.97. The predicted octanol–water partition coefficient (Wildman–Crippen LogP) is 2.03. The summed E-state index contributed by atoms with van der Waals surface area (Å²) in [5.74, 6) is 1.04. The molecule has 0 aromatic rings. The number of carbonyl (C=O) groups excluding carboxylic acids is 2. The fourth-order valence-electron chi connectivity index (χ4n) is 3.41. The second kappa shape index (κ2) is 9.48. The summed E-state index contributed by atoms with van der Waals surface area (Å²) in [4.78, 5) is 28.4. The summed E-state index contributed by atoms with van der Waals surface area (Å²) in [7, 11) is 0. The Balaban J connectivity index is 0.00000264. The number of halogens is 1. The van der Waals surface area contributed by atoms with E-state index in [0.717, 1.165) is 58.3 Å². The molecule has 2 N–H and O–H groups in total. The molecule has 0 radical (unpaired) electrons. The van der Waals surface area contributed by atoms with Crippen LogP contribution in [0.15, 0.2) is 0 Å². The van der Waals surface area contributed by atoms with Crippen LogP contribution in [0.1, 0.15) is 52.4 Å². The van der Waals surface area contributed by atoms with Crippen molar-refractivity contribution in [3.8, 4) is 0 Å². The van der Waals surface area contributed by atoms with Gasteiger partial charge in [0.05, 0.1) is 6.04 Å². The van der Waals surface area contributed by atoms with E-state index in [1.807, 2.05) is 16.7 Å². The Morgan fingerprint density at radius 1 is 1.09 bits per heavy atom. The lowest BCUT2D eigenvalue weighted by Gasteiger charge is -2.34. The molecule has 2 aliphatic rings. The van der Waals surface area contributed by atoms with Crippen LogP contribution in [0.4, 0.5) is 0 Å². The maximum Gasteiger partial charge on any atom is 0.239 e. The molecule has 0 aromatic carbocycles. The summed E-state index contributed by atoms with van der Waals surface area (Å²) in [5.41, 5.74) is 6.05. The molecule has 5 nitrogen and oxygen atoms in total. The molecule has 134 valence electrons. The third-order valence-electron chi connectivity index (χ3n) is 5.39. The zero-order valence-corrected chi connectivity index (χ0v) is 15.3. The van der Waals surface area contributed by atoms with Gasteiger partial charge in [0.2, 0.25) is 11.8 Å². The van der Waals surface area contributed by atoms with Crippen molar-refractivity contribution in [2.75, 3.05) is 26.2 Å². The number of rotatable bonds is 5. The molecule has 6 heteroatoms. The van der Waals surface area contributed by atoms with Crippen molar-refractivity contribution in [2.45, 2.75) is 58.4 Å². The molecule has 0 aromatic heterocycles. The summed E-state index contributed by atoms with van der Waals surface area (Å²) >= 11 is 0. The van der Waals surface area contributed by atoms with Gasteiger partial charge in [0, 0.05) is 32.6 Å². The fraction of sp³-hybridized carbons (Fsp3) is 0.882. The zero-order chi connectivity index (χ0) is 16.1. The molecule has 23 heavy (non-hydrogen) atoms. The van der Waals surface area contributed by atoms with E-state index in [9.17, 15) is 9.59 Å². The average molecular weight is 346 g/mol. The summed E-state index contributed by atoms with van der Waals surface area (Å²) in [6.07, 6.45) is 5.72. The Bertz CT molecular complexity index is 391. The van der Waals surface area contributed by atoms with Crippen LogP contribution >= 0.6 is 12.4 Å². The van der Waals surface area contributed by atoms with E-state index in [2.05, 4.69) is 6.92 Å². The molecule has 2 saturated heterocycles. The number of likely N-dealkylation sites (tertiary alicyclic amines) is 2. The molecule has 2 fully saturated rings. The van der Waals surface area contributed by atoms with Gasteiger partial charge < -0.3 is 15.5 Å². The van der Waals surface area contributed by atoms with E-state index < -0.39 is 0 Å². The molecule has 2 unspecified atom stereocenters. The minimum absolute atomic E-state index is 0. The van der Waals surface area contributed by atoms with Gasteiger partial charge in [-0.2, -0.15) is 0 Å². The van der Waals surface area contributed by atoms with Crippen molar-refractivity contribution in [2.24, 2.45) is 17.6 Å². The number of carbonyl (C=O) groups is 2. The summed E-state index contributed by atoms with van der Waals surface area (Å²) in [6, 6.07) is -0.382. The quantitative estimate of drug-likeness (QED) is 0.829. The van der Waals surface area contributed by atoms with Crippen molar-refractivity contribution in [3.63, 3.8) is 0 Å². The zero-order valence-electron chi connectivity index (χ0n) is 14.5. The topological polar surface area (TPSA) is 66.6 Å². The summed E-state index contributed by atoms with van der Waals surface area (Å²) < 4.78 is 0. The highest BCUT2D eigenvalue weighted by Gasteiger charge is 2.30. The number of piperidine rings is 1. The van der Waals surface area contributed by atoms with Crippen LogP contribution < -0.4 is 5.73 Å². The van der Waals surface area contributed by atoms with Crippen molar-refractivity contribution in [3.05, 3.63) is 0 Å². The third-order valence-corrected chi connectivity index (χ3v) is 5.39. The van der Waals surface area contributed by atoms with Crippen LogP contribution in [0.5, 0.6) is 0 Å². The predicted molar refractivity (Wildman–Crippen MR) is 94.4 cm³/mol. The number of nitrogens with zero attached hydrogens (tertiary/aromatic N) is 2. The Kier molecular flexibility index (Phi) is 8.34. The van der Waals surface area contributed by atoms with E-state index in [1.54, 1.807) is 0 Å². The van der Waals surface area contributed by atoms with Crippen LogP contribution in [-0.4, -0.2) is 53.8 Å². The van der Waals surface area contributed by atoms with Gasteiger partial charge >= 0.3 is 0 Å². The molecule has 0 spiro atoms. The van der Waals surface area contributed by atoms with Gasteiger partial charge in [-0.25, -0.2) is 0 Å². The SMILES string of the molecule is CCC(C)C(N)C(=O)N1CCC(CC(=O)N2CCCC2)CC1.Cl. The lowest BCUT2D eigenvalue weighted by atomic mass is 9.91. The van der Waals surface area contributed by atoms with E-state index in [4.69, 9.17) is 5.73 Å². The summed E-state index contributed by atoms with van der Waals surface area (Å²) in [6.45, 7) is 7.46. The highest BCUT2D eigenvalue weighted by Crippen LogP contribution is 2.23. The first-order valence-corrected chi connectivity index (χ1v) is 8.85. The first-order chi connectivity index (χ1) is 10.5. The van der Waals surface area contributed by atoms with E-state index in [1.165, 1.54) is 0 Å². The van der Waals surface area contributed by atoms with Crippen molar-refractivity contribution in [1.82, 2.24) is 9.80 Å². The van der Waals surface area contributed by atoms with E-state index in [-0.39, 0.29) is 30.3 Å². The van der Waals surface area contributed by atoms with E-state index >= 15 is 0 Å². The van der Waals surface area contributed by atoms with Crippen LogP contribution in [0, 0.1) is 11.8 Å². The smallest absolute Gasteiger partial charge is 0.239 e. The fourth-order valence-corrected chi connectivity index (χ4v) is 3.41. The maximum absolute atomic E-state index is 12.4. The Labute approximate surface area is 146 Å². The normalized spacial score (nSPS) is 21.7. The van der Waals surface area contributed by atoms with Gasteiger partial charge in [-0.1, -0.05) is 20.3 Å². The highest BCUT2D eigenvalue weighted by molar-refractivity contribution is 5.85. The lowest BCUT2D eigenvalue weighted by Crippen LogP contribution is -2.49. The van der Waals surface area contributed by atoms with Gasteiger partial charge in [-0.15, -0.1) is 12.4 Å². The number of amides is 2. The molecular weight excluding hydrogens is 314 g/mol. The number of nitrogens with two attached hydrogens (primary N) is 1. The van der Waals surface area contributed by atoms with Crippen LogP contribution in [0.25, 0.3) is 0 Å². The summed E-state index contributed by atoms with van der Waals surface area (Å²) in [5, 5.41) is 0. The Morgan fingerprint density at radius 2 is 1.65 bits per heavy atom. The van der Waals surface area contributed by atoms with Gasteiger partial charge in [-0.05, 0) is 37.5 Å². The van der Waals surface area contributed by atoms with Gasteiger partial charge in [0.1, 0.15) is 0 Å². The average Bonchev–Trinajstić information content (AvgIpc) is 3.08. The minimum Gasteiger partial charge on any atom is -0.343 e. The van der Waals surface area contributed by atoms with Crippen LogP contribution in [0.2, 0.25) is 0 Å². The molecule has 0 aliphatic carbocycles. The van der Waals surface area contributed by atoms with Gasteiger partial charge in [0.25, 0.3) is 0 Å². The molecule has 0 bridgehead atoms. The largest absolute Gasteiger partial charge is 0.343 e. The van der Waals surface area contributed by atoms with Crippen LogP contribution in [0.3, 0.4) is 0 Å². The van der Waals surface area contributed by atoms with E-state index in [0.29, 0.717) is 18.2 Å². The Hall–Kier alpha value is -0.810. The molecule has 0 saturated carbocycles. The molecule has 2 heterocycles. The molecule has 2 amide bonds. The monoisotopic (exact) mass is 345 g/mol. The van der Waals surface area contributed by atoms with Gasteiger partial charge in [-0.3, -0.25) is 9.59 Å². The molecule has 2 rings (SSSR count). The molecule has 2 aliphatic heterocycles. The second-order valence-electron chi connectivity index (χ2n) is 6.97. The minimum atomic E-state index is -0.382. The number of hydrogen-bond acceptors (Lipinski definition) is 3. The standard InChI is InChI=1S/C17H31N3O2.ClH/c1-3-13(2)16(18)17(22)20-10-6-14(7-11-20)12-15(21)19-8-4-5-9-19;/h13-14,16H,3-12,18H2,1-2H3;1H. The van der Waals surface area contributed by atoms with Crippen LogP contribution in [-0.2, 0) is 9.59 Å². The lowest BCUT2D eigenvalue weighted by molar-refractivity contribution is -0.135. The van der Waals surface area contributed by atoms with Crippen molar-refractivity contribution < 1.29 is 9.59 Å². The molecular formula is C17H32ClN3O2. The maximum atomic E-state index is 12.4.